The zero-order valence-electron chi connectivity index (χ0n) is 12.7. The number of rotatable bonds is 5. The summed E-state index contributed by atoms with van der Waals surface area (Å²) in [5.41, 5.74) is 1.61. The number of urea groups is 1. The Morgan fingerprint density at radius 3 is 2.35 bits per heavy atom. The lowest BCUT2D eigenvalue weighted by Crippen LogP contribution is -2.39. The van der Waals surface area contributed by atoms with Crippen molar-refractivity contribution in [2.24, 2.45) is 0 Å². The molecule has 3 amide bonds. The first-order chi connectivity index (χ1) is 11.0. The second-order valence-electron chi connectivity index (χ2n) is 5.01. The molecule has 0 bridgehead atoms. The van der Waals surface area contributed by atoms with Crippen molar-refractivity contribution in [1.29, 1.82) is 0 Å². The molecule has 6 heteroatoms. The van der Waals surface area contributed by atoms with Gasteiger partial charge in [-0.15, -0.1) is 0 Å². The normalized spacial score (nSPS) is 11.4. The minimum Gasteiger partial charge on any atom is -0.348 e. The second-order valence-corrected chi connectivity index (χ2v) is 5.45. The molecule has 23 heavy (non-hydrogen) atoms. The van der Waals surface area contributed by atoms with Crippen molar-refractivity contribution in [1.82, 2.24) is 10.6 Å². The van der Waals surface area contributed by atoms with Crippen LogP contribution in [0.3, 0.4) is 0 Å². The van der Waals surface area contributed by atoms with Crippen LogP contribution in [-0.2, 0) is 4.79 Å². The van der Waals surface area contributed by atoms with E-state index in [4.69, 9.17) is 11.6 Å². The number of benzene rings is 2. The lowest BCUT2D eigenvalue weighted by molar-refractivity contribution is -0.120. The van der Waals surface area contributed by atoms with Gasteiger partial charge in [-0.25, -0.2) is 4.79 Å². The van der Waals surface area contributed by atoms with Gasteiger partial charge in [-0.2, -0.15) is 0 Å². The Balaban J connectivity index is 1.76. The van der Waals surface area contributed by atoms with E-state index < -0.39 is 6.03 Å². The van der Waals surface area contributed by atoms with Gasteiger partial charge >= 0.3 is 6.03 Å². The fraction of sp³-hybridized carbons (Fsp3) is 0.176. The van der Waals surface area contributed by atoms with Gasteiger partial charge in [-0.05, 0) is 36.8 Å². The molecule has 0 aromatic heterocycles. The van der Waals surface area contributed by atoms with Gasteiger partial charge in [0.05, 0.1) is 12.6 Å². The first-order valence-corrected chi connectivity index (χ1v) is 7.57. The molecular formula is C17H18ClN3O2. The average molecular weight is 332 g/mol. The van der Waals surface area contributed by atoms with E-state index in [-0.39, 0.29) is 18.5 Å². The Morgan fingerprint density at radius 2 is 1.70 bits per heavy atom. The van der Waals surface area contributed by atoms with Crippen molar-refractivity contribution in [2.75, 3.05) is 11.9 Å². The third-order valence-electron chi connectivity index (χ3n) is 3.19. The maximum Gasteiger partial charge on any atom is 0.319 e. The minimum atomic E-state index is -0.425. The molecule has 1 atom stereocenters. The van der Waals surface area contributed by atoms with E-state index >= 15 is 0 Å². The molecule has 2 aromatic rings. The summed E-state index contributed by atoms with van der Waals surface area (Å²) in [5.74, 6) is -0.268. The van der Waals surface area contributed by atoms with Crippen LogP contribution >= 0.6 is 11.6 Å². The quantitative estimate of drug-likeness (QED) is 0.786. The summed E-state index contributed by atoms with van der Waals surface area (Å²) in [7, 11) is 0. The molecule has 0 unspecified atom stereocenters. The van der Waals surface area contributed by atoms with Crippen LogP contribution in [0, 0.1) is 0 Å². The molecular weight excluding hydrogens is 314 g/mol. The van der Waals surface area contributed by atoms with Crippen LogP contribution in [0.2, 0.25) is 5.02 Å². The molecule has 0 saturated carbocycles. The summed E-state index contributed by atoms with van der Waals surface area (Å²) in [6.07, 6.45) is 0. The van der Waals surface area contributed by atoms with E-state index in [1.165, 1.54) is 0 Å². The third-order valence-corrected chi connectivity index (χ3v) is 3.44. The first kappa shape index (κ1) is 16.8. The standard InChI is InChI=1S/C17H18ClN3O2/c1-12(13-7-9-14(18)10-8-13)20-16(22)11-19-17(23)21-15-5-3-2-4-6-15/h2-10,12H,11H2,1H3,(H,20,22)(H2,19,21,23)/t12-/m0/s1. The predicted octanol–water partition coefficient (Wildman–Crippen LogP) is 3.34. The van der Waals surface area contributed by atoms with Gasteiger partial charge in [0, 0.05) is 10.7 Å². The predicted molar refractivity (Wildman–Crippen MR) is 91.5 cm³/mol. The number of hydrogen-bond donors (Lipinski definition) is 3. The van der Waals surface area contributed by atoms with E-state index in [1.807, 2.05) is 37.3 Å². The van der Waals surface area contributed by atoms with Gasteiger partial charge in [-0.1, -0.05) is 41.9 Å². The van der Waals surface area contributed by atoms with E-state index in [0.717, 1.165) is 5.56 Å². The smallest absolute Gasteiger partial charge is 0.319 e. The number of halogens is 1. The van der Waals surface area contributed by atoms with Crippen molar-refractivity contribution in [2.45, 2.75) is 13.0 Å². The molecule has 0 aliphatic rings. The van der Waals surface area contributed by atoms with Crippen LogP contribution in [0.1, 0.15) is 18.5 Å². The molecule has 2 aromatic carbocycles. The lowest BCUT2D eigenvalue weighted by atomic mass is 10.1. The summed E-state index contributed by atoms with van der Waals surface area (Å²) < 4.78 is 0. The molecule has 0 aliphatic carbocycles. The number of carbonyl (C=O) groups excluding carboxylic acids is 2. The number of anilines is 1. The SMILES string of the molecule is C[C@H](NC(=O)CNC(=O)Nc1ccccc1)c1ccc(Cl)cc1. The monoisotopic (exact) mass is 331 g/mol. The molecule has 0 fully saturated rings. The van der Waals surface area contributed by atoms with Crippen LogP contribution < -0.4 is 16.0 Å². The zero-order valence-corrected chi connectivity index (χ0v) is 13.4. The maximum absolute atomic E-state index is 11.9. The highest BCUT2D eigenvalue weighted by molar-refractivity contribution is 6.30. The Labute approximate surface area is 140 Å². The topological polar surface area (TPSA) is 70.2 Å². The number of nitrogens with one attached hydrogen (secondary N) is 3. The Hall–Kier alpha value is -2.53. The average Bonchev–Trinajstić information content (AvgIpc) is 2.54. The van der Waals surface area contributed by atoms with Gasteiger partial charge < -0.3 is 16.0 Å². The molecule has 5 nitrogen and oxygen atoms in total. The number of hydrogen-bond acceptors (Lipinski definition) is 2. The summed E-state index contributed by atoms with van der Waals surface area (Å²) in [5, 5.41) is 8.61. The highest BCUT2D eigenvalue weighted by Gasteiger charge is 2.10. The van der Waals surface area contributed by atoms with Gasteiger partial charge in [0.1, 0.15) is 0 Å². The summed E-state index contributed by atoms with van der Waals surface area (Å²) >= 11 is 5.83. The first-order valence-electron chi connectivity index (χ1n) is 7.19. The van der Waals surface area contributed by atoms with E-state index in [1.54, 1.807) is 24.3 Å². The highest BCUT2D eigenvalue weighted by Crippen LogP contribution is 2.15. The Bertz CT molecular complexity index is 659. The van der Waals surface area contributed by atoms with Crippen LogP contribution in [0.25, 0.3) is 0 Å². The van der Waals surface area contributed by atoms with Gasteiger partial charge in [-0.3, -0.25) is 4.79 Å². The third kappa shape index (κ3) is 5.64. The van der Waals surface area contributed by atoms with Crippen molar-refractivity contribution >= 4 is 29.2 Å². The largest absolute Gasteiger partial charge is 0.348 e. The van der Waals surface area contributed by atoms with Gasteiger partial charge in [0.2, 0.25) is 5.91 Å². The van der Waals surface area contributed by atoms with Crippen LogP contribution in [0.4, 0.5) is 10.5 Å². The van der Waals surface area contributed by atoms with Crippen molar-refractivity contribution in [3.8, 4) is 0 Å². The van der Waals surface area contributed by atoms with Crippen LogP contribution in [-0.4, -0.2) is 18.5 Å². The summed E-state index contributed by atoms with van der Waals surface area (Å²) in [6.45, 7) is 1.77. The fourth-order valence-electron chi connectivity index (χ4n) is 1.98. The lowest BCUT2D eigenvalue weighted by Gasteiger charge is -2.15. The number of carbonyl (C=O) groups is 2. The Morgan fingerprint density at radius 1 is 1.04 bits per heavy atom. The molecule has 0 radical (unpaired) electrons. The van der Waals surface area contributed by atoms with E-state index in [9.17, 15) is 9.59 Å². The fourth-order valence-corrected chi connectivity index (χ4v) is 2.11. The zero-order chi connectivity index (χ0) is 16.7. The second kappa shape index (κ2) is 8.19. The molecule has 0 heterocycles. The summed E-state index contributed by atoms with van der Waals surface area (Å²) in [4.78, 5) is 23.6. The molecule has 3 N–H and O–H groups in total. The molecule has 0 saturated heterocycles. The Kier molecular flexibility index (Phi) is 6.00. The number of amides is 3. The van der Waals surface area contributed by atoms with E-state index in [0.29, 0.717) is 10.7 Å². The molecule has 2 rings (SSSR count). The summed E-state index contributed by atoms with van der Waals surface area (Å²) in [6, 6.07) is 15.7. The van der Waals surface area contributed by atoms with Crippen LogP contribution in [0.15, 0.2) is 54.6 Å². The minimum absolute atomic E-state index is 0.101. The van der Waals surface area contributed by atoms with Crippen molar-refractivity contribution < 1.29 is 9.59 Å². The van der Waals surface area contributed by atoms with Gasteiger partial charge in [0.15, 0.2) is 0 Å². The van der Waals surface area contributed by atoms with Gasteiger partial charge in [0.25, 0.3) is 0 Å². The van der Waals surface area contributed by atoms with Crippen molar-refractivity contribution in [3.63, 3.8) is 0 Å². The number of para-hydroxylation sites is 1. The van der Waals surface area contributed by atoms with Crippen LogP contribution in [0.5, 0.6) is 0 Å². The molecule has 0 spiro atoms. The highest BCUT2D eigenvalue weighted by atomic mass is 35.5. The maximum atomic E-state index is 11.9. The molecule has 0 aliphatic heterocycles. The van der Waals surface area contributed by atoms with E-state index in [2.05, 4.69) is 16.0 Å². The van der Waals surface area contributed by atoms with Crippen molar-refractivity contribution in [3.05, 3.63) is 65.2 Å². The molecule has 120 valence electrons.